The molecule has 0 amide bonds. The van der Waals surface area contributed by atoms with Crippen molar-refractivity contribution in [2.24, 2.45) is 0 Å². The van der Waals surface area contributed by atoms with Crippen molar-refractivity contribution in [2.45, 2.75) is 25.3 Å². The summed E-state index contributed by atoms with van der Waals surface area (Å²) in [4.78, 5) is 5.19. The van der Waals surface area contributed by atoms with Crippen LogP contribution in [0.3, 0.4) is 0 Å². The summed E-state index contributed by atoms with van der Waals surface area (Å²) in [6.07, 6.45) is 5.67. The van der Waals surface area contributed by atoms with Crippen molar-refractivity contribution in [2.75, 3.05) is 44.7 Å². The molecular formula is C11H22N2OS. The highest BCUT2D eigenvalue weighted by Crippen LogP contribution is 2.21. The fourth-order valence-corrected chi connectivity index (χ4v) is 3.29. The first-order chi connectivity index (χ1) is 7.25. The van der Waals surface area contributed by atoms with Gasteiger partial charge < -0.3 is 4.90 Å². The van der Waals surface area contributed by atoms with Crippen molar-refractivity contribution in [3.05, 3.63) is 0 Å². The summed E-state index contributed by atoms with van der Waals surface area (Å²) in [5.41, 5.74) is 0. The number of fused-ring (bicyclic) bond motifs is 1. The molecule has 4 heteroatoms. The minimum Gasteiger partial charge on any atom is -0.300 e. The summed E-state index contributed by atoms with van der Waals surface area (Å²) in [7, 11) is -0.612. The first-order valence-corrected chi connectivity index (χ1v) is 7.75. The molecule has 2 atom stereocenters. The standard InChI is InChI=1S/C11H22N2OS/c1-15(14)9-3-5-12-7-8-13-6-2-4-11(13)10-12/h11H,2-10H2,1H3. The van der Waals surface area contributed by atoms with Crippen molar-refractivity contribution in [1.82, 2.24) is 9.80 Å². The van der Waals surface area contributed by atoms with Gasteiger partial charge in [0, 0.05) is 48.5 Å². The molecule has 3 nitrogen and oxygen atoms in total. The number of hydrogen-bond acceptors (Lipinski definition) is 3. The quantitative estimate of drug-likeness (QED) is 0.704. The molecule has 2 heterocycles. The lowest BCUT2D eigenvalue weighted by atomic mass is 10.1. The first-order valence-electron chi connectivity index (χ1n) is 6.02. The minimum atomic E-state index is -0.612. The molecule has 0 aromatic rings. The fraction of sp³-hybridized carbons (Fsp3) is 1.00. The maximum Gasteiger partial charge on any atom is 0.0244 e. The van der Waals surface area contributed by atoms with Gasteiger partial charge in [-0.15, -0.1) is 0 Å². The molecule has 0 bridgehead atoms. The Morgan fingerprint density at radius 3 is 3.00 bits per heavy atom. The normalized spacial score (nSPS) is 30.3. The van der Waals surface area contributed by atoms with Gasteiger partial charge in [0.15, 0.2) is 0 Å². The van der Waals surface area contributed by atoms with Gasteiger partial charge in [-0.2, -0.15) is 0 Å². The van der Waals surface area contributed by atoms with Crippen LogP contribution in [0, 0.1) is 0 Å². The summed E-state index contributed by atoms with van der Waals surface area (Å²) in [5.74, 6) is 0.866. The predicted octanol–water partition coefficient (Wildman–Crippen LogP) is 0.535. The molecule has 0 aromatic heterocycles. The Morgan fingerprint density at radius 1 is 1.33 bits per heavy atom. The second kappa shape index (κ2) is 5.41. The molecule has 2 aliphatic heterocycles. The van der Waals surface area contributed by atoms with E-state index in [2.05, 4.69) is 9.80 Å². The van der Waals surface area contributed by atoms with Gasteiger partial charge in [-0.05, 0) is 32.4 Å². The third-order valence-electron chi connectivity index (χ3n) is 3.58. The van der Waals surface area contributed by atoms with E-state index in [1.165, 1.54) is 39.0 Å². The molecule has 88 valence electrons. The molecule has 0 saturated carbocycles. The zero-order chi connectivity index (χ0) is 10.7. The summed E-state index contributed by atoms with van der Waals surface area (Å²) in [6.45, 7) is 6.17. The minimum absolute atomic E-state index is 0.612. The molecule has 0 aliphatic carbocycles. The monoisotopic (exact) mass is 230 g/mol. The van der Waals surface area contributed by atoms with E-state index < -0.39 is 10.8 Å². The Kier molecular flexibility index (Phi) is 4.17. The highest BCUT2D eigenvalue weighted by atomic mass is 32.2. The lowest BCUT2D eigenvalue weighted by molar-refractivity contribution is 0.105. The number of piperazine rings is 1. The molecule has 0 N–H and O–H groups in total. The lowest BCUT2D eigenvalue weighted by Crippen LogP contribution is -2.50. The molecule has 0 radical (unpaired) electrons. The van der Waals surface area contributed by atoms with Crippen LogP contribution in [0.5, 0.6) is 0 Å². The second-order valence-electron chi connectivity index (χ2n) is 4.76. The van der Waals surface area contributed by atoms with Crippen molar-refractivity contribution in [1.29, 1.82) is 0 Å². The second-order valence-corrected chi connectivity index (χ2v) is 6.32. The van der Waals surface area contributed by atoms with Crippen LogP contribution in [0.15, 0.2) is 0 Å². The lowest BCUT2D eigenvalue weighted by Gasteiger charge is -2.37. The highest BCUT2D eigenvalue weighted by molar-refractivity contribution is 7.84. The van der Waals surface area contributed by atoms with Gasteiger partial charge >= 0.3 is 0 Å². The van der Waals surface area contributed by atoms with Crippen LogP contribution in [0.2, 0.25) is 0 Å². The summed E-state index contributed by atoms with van der Waals surface area (Å²) in [6, 6.07) is 0.825. The molecular weight excluding hydrogens is 208 g/mol. The molecule has 2 unspecified atom stereocenters. The molecule has 2 saturated heterocycles. The van der Waals surface area contributed by atoms with E-state index in [9.17, 15) is 4.21 Å². The maximum absolute atomic E-state index is 11.0. The number of hydrogen-bond donors (Lipinski definition) is 0. The van der Waals surface area contributed by atoms with E-state index in [-0.39, 0.29) is 0 Å². The van der Waals surface area contributed by atoms with Gasteiger partial charge in [0.1, 0.15) is 0 Å². The van der Waals surface area contributed by atoms with Crippen LogP contribution in [-0.2, 0) is 10.8 Å². The highest BCUT2D eigenvalue weighted by Gasteiger charge is 2.29. The Morgan fingerprint density at radius 2 is 2.20 bits per heavy atom. The van der Waals surface area contributed by atoms with Gasteiger partial charge in [0.2, 0.25) is 0 Å². The number of rotatable bonds is 4. The van der Waals surface area contributed by atoms with E-state index in [1.54, 1.807) is 6.26 Å². The zero-order valence-corrected chi connectivity index (χ0v) is 10.5. The van der Waals surface area contributed by atoms with E-state index in [4.69, 9.17) is 0 Å². The molecule has 0 aromatic carbocycles. The van der Waals surface area contributed by atoms with Gasteiger partial charge in [0.25, 0.3) is 0 Å². The number of nitrogens with zero attached hydrogens (tertiary/aromatic N) is 2. The predicted molar refractivity (Wildman–Crippen MR) is 64.6 cm³/mol. The van der Waals surface area contributed by atoms with Crippen molar-refractivity contribution in [3.8, 4) is 0 Å². The van der Waals surface area contributed by atoms with Crippen LogP contribution in [0.4, 0.5) is 0 Å². The van der Waals surface area contributed by atoms with Gasteiger partial charge in [-0.1, -0.05) is 0 Å². The van der Waals surface area contributed by atoms with Gasteiger partial charge in [-0.25, -0.2) is 0 Å². The summed E-state index contributed by atoms with van der Waals surface area (Å²) >= 11 is 0. The van der Waals surface area contributed by atoms with E-state index >= 15 is 0 Å². The Balaban J connectivity index is 1.68. The van der Waals surface area contributed by atoms with Crippen LogP contribution in [-0.4, -0.2) is 64.8 Å². The van der Waals surface area contributed by atoms with Crippen molar-refractivity contribution < 1.29 is 4.21 Å². The van der Waals surface area contributed by atoms with Crippen molar-refractivity contribution >= 4 is 10.8 Å². The third kappa shape index (κ3) is 3.26. The average Bonchev–Trinajstić information content (AvgIpc) is 2.64. The van der Waals surface area contributed by atoms with Gasteiger partial charge in [-0.3, -0.25) is 9.11 Å². The van der Waals surface area contributed by atoms with Crippen LogP contribution in [0.25, 0.3) is 0 Å². The van der Waals surface area contributed by atoms with Crippen LogP contribution >= 0.6 is 0 Å². The molecule has 2 rings (SSSR count). The molecule has 2 fully saturated rings. The first kappa shape index (κ1) is 11.6. The topological polar surface area (TPSA) is 23.6 Å². The summed E-state index contributed by atoms with van der Waals surface area (Å²) in [5, 5.41) is 0. The van der Waals surface area contributed by atoms with Crippen LogP contribution < -0.4 is 0 Å². The van der Waals surface area contributed by atoms with E-state index in [0.717, 1.165) is 24.8 Å². The Hall–Kier alpha value is 0.0700. The SMILES string of the molecule is CS(=O)CCCN1CCN2CCCC2C1. The smallest absolute Gasteiger partial charge is 0.0244 e. The van der Waals surface area contributed by atoms with Crippen molar-refractivity contribution in [3.63, 3.8) is 0 Å². The van der Waals surface area contributed by atoms with Crippen LogP contribution in [0.1, 0.15) is 19.3 Å². The fourth-order valence-electron chi connectivity index (χ4n) is 2.75. The Labute approximate surface area is 95.3 Å². The molecule has 2 aliphatic rings. The van der Waals surface area contributed by atoms with E-state index in [1.807, 2.05) is 0 Å². The maximum atomic E-state index is 11.0. The average molecular weight is 230 g/mol. The largest absolute Gasteiger partial charge is 0.300 e. The molecule has 0 spiro atoms. The Bertz CT molecular complexity index is 235. The summed E-state index contributed by atoms with van der Waals surface area (Å²) < 4.78 is 11.0. The molecule has 15 heavy (non-hydrogen) atoms. The third-order valence-corrected chi connectivity index (χ3v) is 4.44. The van der Waals surface area contributed by atoms with E-state index in [0.29, 0.717) is 0 Å². The zero-order valence-electron chi connectivity index (χ0n) is 9.65. The van der Waals surface area contributed by atoms with Gasteiger partial charge in [0.05, 0.1) is 0 Å².